The zero-order chi connectivity index (χ0) is 11.3. The fourth-order valence-electron chi connectivity index (χ4n) is 1.58. The zero-order valence-electron chi connectivity index (χ0n) is 9.53. The van der Waals surface area contributed by atoms with Crippen molar-refractivity contribution in [1.29, 1.82) is 0 Å². The third-order valence-electron chi connectivity index (χ3n) is 2.15. The van der Waals surface area contributed by atoms with Crippen molar-refractivity contribution in [3.05, 3.63) is 29.8 Å². The summed E-state index contributed by atoms with van der Waals surface area (Å²) < 4.78 is 5.19. The zero-order valence-corrected chi connectivity index (χ0v) is 11.1. The first-order valence-electron chi connectivity index (χ1n) is 5.07. The largest absolute Gasteiger partial charge is 0.497 e. The van der Waals surface area contributed by atoms with Crippen LogP contribution in [0, 0.1) is 0 Å². The van der Waals surface area contributed by atoms with Crippen LogP contribution in [0.3, 0.4) is 0 Å². The number of hydrogen-bond donors (Lipinski definition) is 0. The molecule has 1 unspecified atom stereocenters. The van der Waals surface area contributed by atoms with Crippen LogP contribution < -0.4 is 4.74 Å². The predicted molar refractivity (Wildman–Crippen MR) is 67.7 cm³/mol. The van der Waals surface area contributed by atoms with Crippen molar-refractivity contribution < 1.29 is 4.74 Å². The molecule has 0 saturated heterocycles. The number of alkyl halides is 1. The number of halogens is 1. The molecule has 0 N–H and O–H groups in total. The second-order valence-corrected chi connectivity index (χ2v) is 5.39. The lowest BCUT2D eigenvalue weighted by molar-refractivity contribution is 0.332. The molecule has 0 bridgehead atoms. The fraction of sp³-hybridized carbons (Fsp3) is 0.500. The summed E-state index contributed by atoms with van der Waals surface area (Å²) >= 11 is 3.55. The van der Waals surface area contributed by atoms with Gasteiger partial charge in [0.25, 0.3) is 0 Å². The Kier molecular flexibility index (Phi) is 5.12. The minimum absolute atomic E-state index is 0.521. The van der Waals surface area contributed by atoms with E-state index in [1.54, 1.807) is 7.11 Å². The molecule has 3 heteroatoms. The average Bonchev–Trinajstić information content (AvgIpc) is 2.16. The van der Waals surface area contributed by atoms with Gasteiger partial charge in [-0.2, -0.15) is 0 Å². The van der Waals surface area contributed by atoms with E-state index in [0.29, 0.717) is 4.83 Å². The van der Waals surface area contributed by atoms with Gasteiger partial charge in [-0.25, -0.2) is 0 Å². The number of hydrogen-bond acceptors (Lipinski definition) is 2. The van der Waals surface area contributed by atoms with Crippen LogP contribution in [0.2, 0.25) is 0 Å². The topological polar surface area (TPSA) is 12.5 Å². The third kappa shape index (κ3) is 4.67. The van der Waals surface area contributed by atoms with E-state index in [1.807, 2.05) is 12.1 Å². The Morgan fingerprint density at radius 3 is 2.80 bits per heavy atom. The summed E-state index contributed by atoms with van der Waals surface area (Å²) in [6.45, 7) is 4.15. The summed E-state index contributed by atoms with van der Waals surface area (Å²) in [6, 6.07) is 8.20. The van der Waals surface area contributed by atoms with E-state index in [4.69, 9.17) is 4.74 Å². The minimum atomic E-state index is 0.521. The molecule has 0 aliphatic carbocycles. The summed E-state index contributed by atoms with van der Waals surface area (Å²) in [5.41, 5.74) is 1.28. The summed E-state index contributed by atoms with van der Waals surface area (Å²) in [5, 5.41) is 0. The van der Waals surface area contributed by atoms with Crippen molar-refractivity contribution >= 4 is 15.9 Å². The first kappa shape index (κ1) is 12.5. The Morgan fingerprint density at radius 2 is 2.20 bits per heavy atom. The lowest BCUT2D eigenvalue weighted by Crippen LogP contribution is -2.23. The van der Waals surface area contributed by atoms with Gasteiger partial charge in [0.15, 0.2) is 0 Å². The molecule has 0 spiro atoms. The first-order valence-corrected chi connectivity index (χ1v) is 5.99. The molecule has 0 aliphatic heterocycles. The molecule has 0 heterocycles. The molecule has 15 heavy (non-hydrogen) atoms. The maximum atomic E-state index is 5.19. The molecule has 0 radical (unpaired) electrons. The number of methoxy groups -OCH3 is 1. The molecule has 84 valence electrons. The first-order chi connectivity index (χ1) is 7.11. The van der Waals surface area contributed by atoms with Crippen molar-refractivity contribution in [2.75, 3.05) is 20.7 Å². The Balaban J connectivity index is 2.55. The van der Waals surface area contributed by atoms with Crippen LogP contribution in [0.4, 0.5) is 0 Å². The standard InChI is InChI=1S/C12H18BrNO/c1-10(13)8-14(2)9-11-5-4-6-12(7-11)15-3/h4-7,10H,8-9H2,1-3H3. The molecule has 1 aromatic carbocycles. The molecule has 1 aromatic rings. The summed E-state index contributed by atoms with van der Waals surface area (Å²) in [6.07, 6.45) is 0. The Morgan fingerprint density at radius 1 is 1.47 bits per heavy atom. The van der Waals surface area contributed by atoms with E-state index >= 15 is 0 Å². The maximum Gasteiger partial charge on any atom is 0.119 e. The molecule has 1 rings (SSSR count). The quantitative estimate of drug-likeness (QED) is 0.764. The number of nitrogens with zero attached hydrogens (tertiary/aromatic N) is 1. The van der Waals surface area contributed by atoms with Gasteiger partial charge in [-0.3, -0.25) is 0 Å². The highest BCUT2D eigenvalue weighted by Crippen LogP contribution is 2.14. The Hall–Kier alpha value is -0.540. The SMILES string of the molecule is COc1cccc(CN(C)CC(C)Br)c1. The highest BCUT2D eigenvalue weighted by Gasteiger charge is 2.04. The molecule has 1 atom stereocenters. The Bertz CT molecular complexity index is 301. The van der Waals surface area contributed by atoms with Gasteiger partial charge in [-0.1, -0.05) is 35.0 Å². The monoisotopic (exact) mass is 271 g/mol. The lowest BCUT2D eigenvalue weighted by Gasteiger charge is -2.18. The second-order valence-electron chi connectivity index (χ2n) is 3.83. The van der Waals surface area contributed by atoms with E-state index in [9.17, 15) is 0 Å². The summed E-state index contributed by atoms with van der Waals surface area (Å²) in [7, 11) is 3.82. The highest BCUT2D eigenvalue weighted by atomic mass is 79.9. The van der Waals surface area contributed by atoms with Crippen LogP contribution in [-0.2, 0) is 6.54 Å². The van der Waals surface area contributed by atoms with Gasteiger partial charge in [-0.05, 0) is 24.7 Å². The highest BCUT2D eigenvalue weighted by molar-refractivity contribution is 9.09. The fourth-order valence-corrected chi connectivity index (χ4v) is 2.07. The van der Waals surface area contributed by atoms with Crippen molar-refractivity contribution in [3.8, 4) is 5.75 Å². The molecule has 0 saturated carbocycles. The van der Waals surface area contributed by atoms with Gasteiger partial charge in [0.05, 0.1) is 7.11 Å². The molecule has 0 aliphatic rings. The van der Waals surface area contributed by atoms with Crippen molar-refractivity contribution in [1.82, 2.24) is 4.90 Å². The molecule has 0 fully saturated rings. The maximum absolute atomic E-state index is 5.19. The van der Waals surface area contributed by atoms with E-state index in [-0.39, 0.29) is 0 Å². The second kappa shape index (κ2) is 6.13. The Labute approximate surface area is 100 Å². The van der Waals surface area contributed by atoms with Crippen LogP contribution >= 0.6 is 15.9 Å². The van der Waals surface area contributed by atoms with Crippen LogP contribution in [0.1, 0.15) is 12.5 Å². The van der Waals surface area contributed by atoms with Crippen LogP contribution in [0.25, 0.3) is 0 Å². The molecule has 0 aromatic heterocycles. The lowest BCUT2D eigenvalue weighted by atomic mass is 10.2. The number of ether oxygens (including phenoxy) is 1. The van der Waals surface area contributed by atoms with E-state index in [1.165, 1.54) is 5.56 Å². The van der Waals surface area contributed by atoms with E-state index in [2.05, 4.69) is 46.9 Å². The molecule has 0 amide bonds. The van der Waals surface area contributed by atoms with E-state index < -0.39 is 0 Å². The van der Waals surface area contributed by atoms with Gasteiger partial charge in [-0.15, -0.1) is 0 Å². The van der Waals surface area contributed by atoms with Crippen LogP contribution in [0.5, 0.6) is 5.75 Å². The van der Waals surface area contributed by atoms with Crippen molar-refractivity contribution in [2.45, 2.75) is 18.3 Å². The minimum Gasteiger partial charge on any atom is -0.497 e. The van der Waals surface area contributed by atoms with Crippen LogP contribution in [0.15, 0.2) is 24.3 Å². The molecular formula is C12H18BrNO. The van der Waals surface area contributed by atoms with E-state index in [0.717, 1.165) is 18.8 Å². The molecular weight excluding hydrogens is 254 g/mol. The predicted octanol–water partition coefficient (Wildman–Crippen LogP) is 2.91. The van der Waals surface area contributed by atoms with Gasteiger partial charge < -0.3 is 9.64 Å². The third-order valence-corrected chi connectivity index (χ3v) is 2.44. The van der Waals surface area contributed by atoms with Crippen LogP contribution in [-0.4, -0.2) is 30.4 Å². The van der Waals surface area contributed by atoms with Gasteiger partial charge in [0, 0.05) is 17.9 Å². The molecule has 2 nitrogen and oxygen atoms in total. The number of benzene rings is 1. The van der Waals surface area contributed by atoms with Gasteiger partial charge >= 0.3 is 0 Å². The van der Waals surface area contributed by atoms with Crippen molar-refractivity contribution in [2.24, 2.45) is 0 Å². The smallest absolute Gasteiger partial charge is 0.119 e. The normalized spacial score (nSPS) is 12.9. The number of rotatable bonds is 5. The summed E-state index contributed by atoms with van der Waals surface area (Å²) in [5.74, 6) is 0.924. The van der Waals surface area contributed by atoms with Crippen molar-refractivity contribution in [3.63, 3.8) is 0 Å². The summed E-state index contributed by atoms with van der Waals surface area (Å²) in [4.78, 5) is 2.81. The van der Waals surface area contributed by atoms with Gasteiger partial charge in [0.2, 0.25) is 0 Å². The average molecular weight is 272 g/mol. The van der Waals surface area contributed by atoms with Gasteiger partial charge in [0.1, 0.15) is 5.75 Å².